The lowest BCUT2D eigenvalue weighted by Gasteiger charge is -2.07. The molecule has 0 spiro atoms. The molecule has 0 aliphatic carbocycles. The van der Waals surface area contributed by atoms with Gasteiger partial charge in [-0.25, -0.2) is 4.98 Å². The second-order valence-corrected chi connectivity index (χ2v) is 4.96. The number of halogens is 3. The van der Waals surface area contributed by atoms with E-state index in [1.54, 1.807) is 4.57 Å². The van der Waals surface area contributed by atoms with Gasteiger partial charge in [-0.1, -0.05) is 11.8 Å². The third kappa shape index (κ3) is 2.90. The molecule has 0 saturated heterocycles. The molecule has 0 bridgehead atoms. The fourth-order valence-electron chi connectivity index (χ4n) is 1.83. The van der Waals surface area contributed by atoms with E-state index in [-0.39, 0.29) is 11.3 Å². The van der Waals surface area contributed by atoms with Crippen LogP contribution in [-0.2, 0) is 17.5 Å². The number of hydrogen-bond donors (Lipinski definition) is 1. The number of aromatic nitrogens is 2. The molecule has 4 nitrogen and oxygen atoms in total. The van der Waals surface area contributed by atoms with Crippen molar-refractivity contribution < 1.29 is 23.1 Å². The number of nitrogens with zero attached hydrogens (tertiary/aromatic N) is 2. The van der Waals surface area contributed by atoms with Gasteiger partial charge in [0.25, 0.3) is 0 Å². The Labute approximate surface area is 116 Å². The van der Waals surface area contributed by atoms with E-state index < -0.39 is 17.7 Å². The molecule has 0 amide bonds. The molecular weight excluding hydrogens is 293 g/mol. The van der Waals surface area contributed by atoms with Crippen LogP contribution in [0.5, 0.6) is 0 Å². The highest BCUT2D eigenvalue weighted by Crippen LogP contribution is 2.32. The molecule has 2 rings (SSSR count). The molecule has 1 aromatic heterocycles. The highest BCUT2D eigenvalue weighted by molar-refractivity contribution is 7.99. The number of carbonyl (C=O) groups is 1. The molecule has 0 aliphatic rings. The summed E-state index contributed by atoms with van der Waals surface area (Å²) in [4.78, 5) is 14.7. The number of aliphatic carboxylic acids is 1. The molecule has 0 aliphatic heterocycles. The predicted molar refractivity (Wildman–Crippen MR) is 68.8 cm³/mol. The molecule has 108 valence electrons. The molecule has 0 unspecified atom stereocenters. The lowest BCUT2D eigenvalue weighted by molar-refractivity contribution is -0.137. The van der Waals surface area contributed by atoms with Crippen molar-refractivity contribution in [3.05, 3.63) is 23.8 Å². The van der Waals surface area contributed by atoms with Crippen LogP contribution < -0.4 is 0 Å². The molecule has 8 heteroatoms. The maximum Gasteiger partial charge on any atom is 0.416 e. The second-order valence-electron chi connectivity index (χ2n) is 4.02. The Bertz CT molecular complexity index is 652. The number of benzene rings is 1. The summed E-state index contributed by atoms with van der Waals surface area (Å²) in [7, 11) is 0. The largest absolute Gasteiger partial charge is 0.481 e. The topological polar surface area (TPSA) is 55.1 Å². The maximum atomic E-state index is 12.6. The zero-order chi connectivity index (χ0) is 14.9. The highest BCUT2D eigenvalue weighted by atomic mass is 32.2. The number of carboxylic acid groups (broad SMARTS) is 1. The highest BCUT2D eigenvalue weighted by Gasteiger charge is 2.31. The van der Waals surface area contributed by atoms with E-state index in [2.05, 4.69) is 4.98 Å². The van der Waals surface area contributed by atoms with Crippen molar-refractivity contribution >= 4 is 28.8 Å². The lowest BCUT2D eigenvalue weighted by atomic mass is 10.2. The van der Waals surface area contributed by atoms with E-state index in [0.717, 1.165) is 23.9 Å². The van der Waals surface area contributed by atoms with Crippen molar-refractivity contribution in [1.82, 2.24) is 9.55 Å². The Morgan fingerprint density at radius 2 is 2.15 bits per heavy atom. The summed E-state index contributed by atoms with van der Waals surface area (Å²) in [6.07, 6.45) is -4.42. The average Bonchev–Trinajstić information content (AvgIpc) is 2.71. The normalized spacial score (nSPS) is 12.0. The standard InChI is InChI=1S/C12H11F3N2O2S/c1-2-17-9-4-3-7(12(13,14)15)5-8(9)16-11(17)20-6-10(18)19/h3-5H,2,6H2,1H3,(H,18,19). The van der Waals surface area contributed by atoms with Crippen LogP contribution in [0.1, 0.15) is 12.5 Å². The summed E-state index contributed by atoms with van der Waals surface area (Å²) >= 11 is 0.990. The Morgan fingerprint density at radius 3 is 2.70 bits per heavy atom. The first-order valence-corrected chi connectivity index (χ1v) is 6.73. The molecule has 0 radical (unpaired) electrons. The van der Waals surface area contributed by atoms with Crippen molar-refractivity contribution in [2.75, 3.05) is 5.75 Å². The van der Waals surface area contributed by atoms with Crippen molar-refractivity contribution in [3.8, 4) is 0 Å². The molecule has 0 saturated carbocycles. The van der Waals surface area contributed by atoms with Crippen LogP contribution in [0.2, 0.25) is 0 Å². The first-order chi connectivity index (χ1) is 9.32. The van der Waals surface area contributed by atoms with Crippen LogP contribution in [0.25, 0.3) is 11.0 Å². The van der Waals surface area contributed by atoms with Crippen molar-refractivity contribution in [3.63, 3.8) is 0 Å². The fraction of sp³-hybridized carbons (Fsp3) is 0.333. The van der Waals surface area contributed by atoms with Crippen LogP contribution >= 0.6 is 11.8 Å². The van der Waals surface area contributed by atoms with Gasteiger partial charge in [0, 0.05) is 6.54 Å². The third-order valence-corrected chi connectivity index (χ3v) is 3.64. The van der Waals surface area contributed by atoms with E-state index in [1.807, 2.05) is 6.92 Å². The summed E-state index contributed by atoms with van der Waals surface area (Å²) in [6.45, 7) is 2.33. The summed E-state index contributed by atoms with van der Waals surface area (Å²) in [5.74, 6) is -1.18. The van der Waals surface area contributed by atoms with E-state index in [1.165, 1.54) is 6.07 Å². The zero-order valence-corrected chi connectivity index (χ0v) is 11.3. The smallest absolute Gasteiger partial charge is 0.416 e. The van der Waals surface area contributed by atoms with Crippen LogP contribution in [0, 0.1) is 0 Å². The number of aryl methyl sites for hydroxylation is 1. The number of alkyl halides is 3. The van der Waals surface area contributed by atoms with E-state index in [0.29, 0.717) is 17.2 Å². The van der Waals surface area contributed by atoms with Gasteiger partial charge in [0.2, 0.25) is 0 Å². The molecule has 20 heavy (non-hydrogen) atoms. The van der Waals surface area contributed by atoms with E-state index in [4.69, 9.17) is 5.11 Å². The Balaban J connectivity index is 2.47. The molecule has 1 N–H and O–H groups in total. The number of rotatable bonds is 4. The van der Waals surface area contributed by atoms with Gasteiger partial charge in [-0.2, -0.15) is 13.2 Å². The monoisotopic (exact) mass is 304 g/mol. The number of thioether (sulfide) groups is 1. The molecule has 0 fully saturated rings. The van der Waals surface area contributed by atoms with Gasteiger partial charge < -0.3 is 9.67 Å². The second kappa shape index (κ2) is 5.35. The van der Waals surface area contributed by atoms with Gasteiger partial charge >= 0.3 is 12.1 Å². The SMILES string of the molecule is CCn1c(SCC(=O)O)nc2cc(C(F)(F)F)ccc21. The fourth-order valence-corrected chi connectivity index (χ4v) is 2.62. The summed E-state index contributed by atoms with van der Waals surface area (Å²) in [6, 6.07) is 3.34. The molecule has 1 heterocycles. The van der Waals surface area contributed by atoms with E-state index in [9.17, 15) is 18.0 Å². The van der Waals surface area contributed by atoms with Crippen molar-refractivity contribution in [1.29, 1.82) is 0 Å². The van der Waals surface area contributed by atoms with Crippen molar-refractivity contribution in [2.45, 2.75) is 24.8 Å². The minimum Gasteiger partial charge on any atom is -0.481 e. The number of imidazole rings is 1. The van der Waals surface area contributed by atoms with Gasteiger partial charge in [0.15, 0.2) is 5.16 Å². The van der Waals surface area contributed by atoms with Crippen LogP contribution in [0.3, 0.4) is 0 Å². The number of carboxylic acids is 1. The third-order valence-electron chi connectivity index (χ3n) is 2.68. The minimum atomic E-state index is -4.42. The van der Waals surface area contributed by atoms with E-state index >= 15 is 0 Å². The molecular formula is C12H11F3N2O2S. The quantitative estimate of drug-likeness (QED) is 0.881. The number of fused-ring (bicyclic) bond motifs is 1. The first-order valence-electron chi connectivity index (χ1n) is 5.75. The van der Waals surface area contributed by atoms with Crippen LogP contribution in [0.4, 0.5) is 13.2 Å². The molecule has 1 aromatic carbocycles. The average molecular weight is 304 g/mol. The van der Waals surface area contributed by atoms with Crippen molar-refractivity contribution in [2.24, 2.45) is 0 Å². The Kier molecular flexibility index (Phi) is 3.94. The maximum absolute atomic E-state index is 12.6. The molecule has 2 aromatic rings. The summed E-state index contributed by atoms with van der Waals surface area (Å²) in [5, 5.41) is 9.06. The zero-order valence-electron chi connectivity index (χ0n) is 10.4. The lowest BCUT2D eigenvalue weighted by Crippen LogP contribution is -2.04. The van der Waals surface area contributed by atoms with Crippen LogP contribution in [-0.4, -0.2) is 26.4 Å². The minimum absolute atomic E-state index is 0.185. The van der Waals surface area contributed by atoms with Gasteiger partial charge in [0.05, 0.1) is 22.3 Å². The van der Waals surface area contributed by atoms with Gasteiger partial charge in [0.1, 0.15) is 0 Å². The Hall–Kier alpha value is -1.70. The first kappa shape index (κ1) is 14.7. The predicted octanol–water partition coefficient (Wildman–Crippen LogP) is 3.25. The van der Waals surface area contributed by atoms with Gasteiger partial charge in [-0.3, -0.25) is 4.79 Å². The van der Waals surface area contributed by atoms with Crippen LogP contribution in [0.15, 0.2) is 23.4 Å². The Morgan fingerprint density at radius 1 is 1.45 bits per heavy atom. The molecule has 0 atom stereocenters. The van der Waals surface area contributed by atoms with Gasteiger partial charge in [-0.05, 0) is 25.1 Å². The summed E-state index contributed by atoms with van der Waals surface area (Å²) < 4.78 is 39.6. The summed E-state index contributed by atoms with van der Waals surface area (Å²) in [5.41, 5.74) is 0.0171. The van der Waals surface area contributed by atoms with Gasteiger partial charge in [-0.15, -0.1) is 0 Å². The number of hydrogen-bond acceptors (Lipinski definition) is 3.